The first-order chi connectivity index (χ1) is 9.33. The van der Waals surface area contributed by atoms with Crippen molar-refractivity contribution in [3.8, 4) is 5.75 Å². The Morgan fingerprint density at radius 2 is 1.80 bits per heavy atom. The van der Waals surface area contributed by atoms with Crippen LogP contribution in [0.4, 0.5) is 18.9 Å². The van der Waals surface area contributed by atoms with Crippen LogP contribution < -0.4 is 10.1 Å². The van der Waals surface area contributed by atoms with Crippen LogP contribution >= 0.6 is 27.3 Å². The third-order valence-corrected chi connectivity index (χ3v) is 4.30. The molecular formula is C13H11BrF3NOS. The number of benzene rings is 1. The lowest BCUT2D eigenvalue weighted by molar-refractivity contribution is -0.274. The van der Waals surface area contributed by atoms with E-state index in [2.05, 4.69) is 26.0 Å². The third kappa shape index (κ3) is 4.42. The van der Waals surface area contributed by atoms with Crippen molar-refractivity contribution in [3.05, 3.63) is 45.1 Å². The largest absolute Gasteiger partial charge is 0.573 e. The number of hydrogen-bond donors (Lipinski definition) is 1. The van der Waals surface area contributed by atoms with Gasteiger partial charge in [0.05, 0.1) is 9.83 Å². The van der Waals surface area contributed by atoms with Crippen molar-refractivity contribution < 1.29 is 17.9 Å². The maximum Gasteiger partial charge on any atom is 0.573 e. The number of halogens is 4. The van der Waals surface area contributed by atoms with Crippen molar-refractivity contribution in [2.24, 2.45) is 0 Å². The normalized spacial score (nSPS) is 13.1. The molecule has 1 heterocycles. The molecule has 0 saturated carbocycles. The zero-order chi connectivity index (χ0) is 14.8. The Hall–Kier alpha value is -1.21. The highest BCUT2D eigenvalue weighted by Gasteiger charge is 2.30. The van der Waals surface area contributed by atoms with Gasteiger partial charge in [0.25, 0.3) is 0 Å². The first-order valence-corrected chi connectivity index (χ1v) is 7.32. The van der Waals surface area contributed by atoms with E-state index in [-0.39, 0.29) is 11.8 Å². The van der Waals surface area contributed by atoms with Gasteiger partial charge in [-0.1, -0.05) is 0 Å². The van der Waals surface area contributed by atoms with E-state index in [1.165, 1.54) is 12.1 Å². The molecule has 108 valence electrons. The summed E-state index contributed by atoms with van der Waals surface area (Å²) in [4.78, 5) is 1.13. The Morgan fingerprint density at radius 3 is 2.30 bits per heavy atom. The first kappa shape index (κ1) is 15.2. The molecule has 1 N–H and O–H groups in total. The molecule has 0 aliphatic carbocycles. The summed E-state index contributed by atoms with van der Waals surface area (Å²) in [6.45, 7) is 1.98. The summed E-state index contributed by atoms with van der Waals surface area (Å²) in [6, 6.07) is 9.70. The third-order valence-electron chi connectivity index (χ3n) is 2.49. The second kappa shape index (κ2) is 6.05. The van der Waals surface area contributed by atoms with Crippen LogP contribution in [0.1, 0.15) is 17.8 Å². The molecule has 1 atom stereocenters. The molecule has 1 aromatic carbocycles. The zero-order valence-electron chi connectivity index (χ0n) is 10.4. The minimum Gasteiger partial charge on any atom is -0.406 e. The number of ether oxygens (including phenoxy) is 1. The summed E-state index contributed by atoms with van der Waals surface area (Å²) in [5.74, 6) is -0.227. The Balaban J connectivity index is 2.00. The van der Waals surface area contributed by atoms with Gasteiger partial charge in [-0.3, -0.25) is 0 Å². The first-order valence-electron chi connectivity index (χ1n) is 5.71. The average molecular weight is 366 g/mol. The Morgan fingerprint density at radius 1 is 1.15 bits per heavy atom. The summed E-state index contributed by atoms with van der Waals surface area (Å²) < 4.78 is 41.0. The van der Waals surface area contributed by atoms with Crippen LogP contribution in [0.3, 0.4) is 0 Å². The molecule has 1 aromatic heterocycles. The quantitative estimate of drug-likeness (QED) is 0.763. The molecule has 0 radical (unpaired) electrons. The highest BCUT2D eigenvalue weighted by Crippen LogP contribution is 2.30. The summed E-state index contributed by atoms with van der Waals surface area (Å²) in [5, 5.41) is 3.21. The number of alkyl halides is 3. The zero-order valence-corrected chi connectivity index (χ0v) is 12.8. The van der Waals surface area contributed by atoms with Gasteiger partial charge in [0.1, 0.15) is 5.75 Å². The standard InChI is InChI=1S/C13H11BrF3NOS/c1-8(11-6-7-12(14)20-11)18-9-2-4-10(5-3-9)19-13(15,16)17/h2-8,18H,1H3. The summed E-state index contributed by atoms with van der Waals surface area (Å²) >= 11 is 5.00. The highest BCUT2D eigenvalue weighted by atomic mass is 79.9. The number of nitrogens with one attached hydrogen (secondary N) is 1. The predicted molar refractivity (Wildman–Crippen MR) is 77.2 cm³/mol. The summed E-state index contributed by atoms with van der Waals surface area (Å²) in [7, 11) is 0. The van der Waals surface area contributed by atoms with E-state index in [4.69, 9.17) is 0 Å². The van der Waals surface area contributed by atoms with Gasteiger partial charge in [-0.15, -0.1) is 24.5 Å². The van der Waals surface area contributed by atoms with Gasteiger partial charge in [-0.05, 0) is 59.3 Å². The monoisotopic (exact) mass is 365 g/mol. The molecule has 0 bridgehead atoms. The molecule has 7 heteroatoms. The van der Waals surface area contributed by atoms with Crippen LogP contribution in [0.15, 0.2) is 40.2 Å². The minimum absolute atomic E-state index is 0.0701. The second-order valence-corrected chi connectivity index (χ2v) is 6.57. The van der Waals surface area contributed by atoms with Crippen LogP contribution in [0.25, 0.3) is 0 Å². The molecule has 0 aliphatic heterocycles. The van der Waals surface area contributed by atoms with Crippen LogP contribution in [-0.4, -0.2) is 6.36 Å². The molecule has 2 rings (SSSR count). The van der Waals surface area contributed by atoms with Gasteiger partial charge >= 0.3 is 6.36 Å². The number of hydrogen-bond acceptors (Lipinski definition) is 3. The maximum atomic E-state index is 12.0. The molecular weight excluding hydrogens is 355 g/mol. The van der Waals surface area contributed by atoms with Crippen molar-refractivity contribution in [2.45, 2.75) is 19.3 Å². The van der Waals surface area contributed by atoms with Gasteiger partial charge in [0.2, 0.25) is 0 Å². The molecule has 0 fully saturated rings. The molecule has 0 spiro atoms. The lowest BCUT2D eigenvalue weighted by atomic mass is 10.2. The van der Waals surface area contributed by atoms with E-state index in [0.29, 0.717) is 0 Å². The van der Waals surface area contributed by atoms with Crippen molar-refractivity contribution >= 4 is 33.0 Å². The van der Waals surface area contributed by atoms with Crippen LogP contribution in [0.2, 0.25) is 0 Å². The van der Waals surface area contributed by atoms with Gasteiger partial charge in [0.15, 0.2) is 0 Å². The van der Waals surface area contributed by atoms with Gasteiger partial charge < -0.3 is 10.1 Å². The summed E-state index contributed by atoms with van der Waals surface area (Å²) in [6.07, 6.45) is -4.66. The molecule has 0 saturated heterocycles. The number of thiophene rings is 1. The number of rotatable bonds is 4. The van der Waals surface area contributed by atoms with Gasteiger partial charge in [-0.2, -0.15) is 0 Å². The topological polar surface area (TPSA) is 21.3 Å². The second-order valence-electron chi connectivity index (χ2n) is 4.08. The van der Waals surface area contributed by atoms with Crippen molar-refractivity contribution in [1.29, 1.82) is 0 Å². The minimum atomic E-state index is -4.66. The lowest BCUT2D eigenvalue weighted by Crippen LogP contribution is -2.17. The van der Waals surface area contributed by atoms with E-state index < -0.39 is 6.36 Å². The molecule has 2 nitrogen and oxygen atoms in total. The van der Waals surface area contributed by atoms with Crippen molar-refractivity contribution in [2.75, 3.05) is 5.32 Å². The highest BCUT2D eigenvalue weighted by molar-refractivity contribution is 9.11. The van der Waals surface area contributed by atoms with Crippen molar-refractivity contribution in [1.82, 2.24) is 0 Å². The lowest BCUT2D eigenvalue weighted by Gasteiger charge is -2.14. The molecule has 1 unspecified atom stereocenters. The summed E-state index contributed by atoms with van der Waals surface area (Å²) in [5.41, 5.74) is 0.733. The smallest absolute Gasteiger partial charge is 0.406 e. The predicted octanol–water partition coefficient (Wildman–Crippen LogP) is 5.58. The molecule has 0 aliphatic rings. The van der Waals surface area contributed by atoms with Crippen molar-refractivity contribution in [3.63, 3.8) is 0 Å². The fraction of sp³-hybridized carbons (Fsp3) is 0.231. The fourth-order valence-corrected chi connectivity index (χ4v) is 3.06. The van der Waals surface area contributed by atoms with E-state index in [1.807, 2.05) is 19.1 Å². The van der Waals surface area contributed by atoms with E-state index >= 15 is 0 Å². The van der Waals surface area contributed by atoms with Crippen LogP contribution in [0.5, 0.6) is 5.75 Å². The Kier molecular flexibility index (Phi) is 4.59. The Labute approximate surface area is 126 Å². The van der Waals surface area contributed by atoms with E-state index in [9.17, 15) is 13.2 Å². The van der Waals surface area contributed by atoms with E-state index in [0.717, 1.165) is 14.4 Å². The van der Waals surface area contributed by atoms with Gasteiger partial charge in [-0.25, -0.2) is 0 Å². The SMILES string of the molecule is CC(Nc1ccc(OC(F)(F)F)cc1)c1ccc(Br)s1. The molecule has 20 heavy (non-hydrogen) atoms. The average Bonchev–Trinajstić information content (AvgIpc) is 2.77. The van der Waals surface area contributed by atoms with Gasteiger partial charge in [0, 0.05) is 10.6 Å². The number of anilines is 1. The fourth-order valence-electron chi connectivity index (χ4n) is 1.63. The maximum absolute atomic E-state index is 12.0. The van der Waals surface area contributed by atoms with Crippen LogP contribution in [0, 0.1) is 0 Å². The van der Waals surface area contributed by atoms with Crippen LogP contribution in [-0.2, 0) is 0 Å². The molecule has 2 aromatic rings. The van der Waals surface area contributed by atoms with E-state index in [1.54, 1.807) is 23.5 Å². The molecule has 0 amide bonds. The Bertz CT molecular complexity index is 568.